The molecule has 0 N–H and O–H groups in total. The van der Waals surface area contributed by atoms with Crippen LogP contribution in [0.5, 0.6) is 0 Å². The first-order valence-electron chi connectivity index (χ1n) is 4.38. The maximum absolute atomic E-state index is 5.58. The normalized spacial score (nSPS) is 19.9. The van der Waals surface area contributed by atoms with Crippen molar-refractivity contribution in [2.75, 3.05) is 0 Å². The molecule has 0 bridgehead atoms. The Morgan fingerprint density at radius 2 is 2.43 bits per heavy atom. The average Bonchev–Trinajstić information content (AvgIpc) is 2.56. The minimum Gasteiger partial charge on any atom is -0.438 e. The molecule has 3 rings (SSSR count). The monoisotopic (exact) mass is 250 g/mol. The van der Waals surface area contributed by atoms with Gasteiger partial charge in [-0.25, -0.2) is 9.97 Å². The van der Waals surface area contributed by atoms with Gasteiger partial charge in [-0.05, 0) is 12.5 Å². The molecule has 2 aromatic rings. The molecule has 0 aliphatic heterocycles. The number of allylic oxidation sites excluding steroid dienone is 1. The summed E-state index contributed by atoms with van der Waals surface area (Å²) in [5.74, 6) is 0.913. The van der Waals surface area contributed by atoms with E-state index in [1.165, 1.54) is 11.9 Å². The summed E-state index contributed by atoms with van der Waals surface area (Å²) in [7, 11) is 0. The van der Waals surface area contributed by atoms with Gasteiger partial charge in [-0.3, -0.25) is 0 Å². The minimum absolute atomic E-state index is 0.385. The summed E-state index contributed by atoms with van der Waals surface area (Å²) in [6.45, 7) is 0. The maximum atomic E-state index is 5.58. The molecule has 2 heterocycles. The fraction of sp³-hybridized carbons (Fsp3) is 0.200. The topological polar surface area (TPSA) is 38.9 Å². The van der Waals surface area contributed by atoms with Gasteiger partial charge in [0.2, 0.25) is 5.71 Å². The molecule has 1 aliphatic rings. The van der Waals surface area contributed by atoms with E-state index < -0.39 is 0 Å². The first kappa shape index (κ1) is 8.17. The zero-order valence-corrected chi connectivity index (χ0v) is 8.86. The predicted octanol–water partition coefficient (Wildman–Crippen LogP) is 2.56. The highest BCUT2D eigenvalue weighted by atomic mass is 79.9. The number of aromatic nitrogens is 2. The zero-order valence-electron chi connectivity index (χ0n) is 7.27. The average molecular weight is 251 g/mol. The van der Waals surface area contributed by atoms with Crippen LogP contribution in [0.15, 0.2) is 23.0 Å². The van der Waals surface area contributed by atoms with E-state index in [4.69, 9.17) is 4.42 Å². The first-order chi connectivity index (χ1) is 6.84. The van der Waals surface area contributed by atoms with Crippen molar-refractivity contribution < 1.29 is 4.42 Å². The standard InChI is InChI=1S/C10H7BrN2O/c11-6-1-2-9-7(3-6)8-4-12-5-13-10(8)14-9/h1-2,4-6H,3H2. The molecule has 0 aromatic carbocycles. The van der Waals surface area contributed by atoms with E-state index in [9.17, 15) is 0 Å². The number of alkyl halides is 1. The van der Waals surface area contributed by atoms with E-state index in [-0.39, 0.29) is 0 Å². The second-order valence-corrected chi connectivity index (χ2v) is 4.44. The Bertz CT molecular complexity index is 518. The summed E-state index contributed by atoms with van der Waals surface area (Å²) in [4.78, 5) is 8.48. The summed E-state index contributed by atoms with van der Waals surface area (Å²) in [5.41, 5.74) is 1.88. The molecule has 2 aromatic heterocycles. The molecule has 1 aliphatic carbocycles. The Hall–Kier alpha value is -1.16. The lowest BCUT2D eigenvalue weighted by atomic mass is 10.0. The third kappa shape index (κ3) is 1.10. The van der Waals surface area contributed by atoms with Crippen LogP contribution in [0.2, 0.25) is 0 Å². The van der Waals surface area contributed by atoms with Gasteiger partial charge >= 0.3 is 0 Å². The van der Waals surface area contributed by atoms with Crippen molar-refractivity contribution in [2.24, 2.45) is 0 Å². The second-order valence-electron chi connectivity index (χ2n) is 3.27. The largest absolute Gasteiger partial charge is 0.438 e. The Kier molecular flexibility index (Phi) is 1.70. The van der Waals surface area contributed by atoms with Gasteiger partial charge < -0.3 is 4.42 Å². The van der Waals surface area contributed by atoms with E-state index in [1.807, 2.05) is 12.3 Å². The number of hydrogen-bond donors (Lipinski definition) is 0. The van der Waals surface area contributed by atoms with Crippen LogP contribution >= 0.6 is 15.9 Å². The predicted molar refractivity (Wildman–Crippen MR) is 57.3 cm³/mol. The van der Waals surface area contributed by atoms with Crippen LogP contribution in [0.1, 0.15) is 11.3 Å². The quantitative estimate of drug-likeness (QED) is 0.675. The lowest BCUT2D eigenvalue weighted by Gasteiger charge is -2.08. The van der Waals surface area contributed by atoms with Crippen LogP contribution in [0.25, 0.3) is 17.2 Å². The van der Waals surface area contributed by atoms with Crippen molar-refractivity contribution in [3.63, 3.8) is 0 Å². The molecular formula is C10H7BrN2O. The van der Waals surface area contributed by atoms with Crippen LogP contribution in [-0.4, -0.2) is 14.8 Å². The van der Waals surface area contributed by atoms with E-state index in [1.54, 1.807) is 0 Å². The Morgan fingerprint density at radius 3 is 3.36 bits per heavy atom. The summed E-state index contributed by atoms with van der Waals surface area (Å²) >= 11 is 3.56. The Balaban J connectivity index is 2.32. The first-order valence-corrected chi connectivity index (χ1v) is 5.30. The van der Waals surface area contributed by atoms with Gasteiger partial charge in [0.15, 0.2) is 0 Å². The SMILES string of the molecule is BrC1C=Cc2oc3ncncc3c2C1. The zero-order chi connectivity index (χ0) is 9.54. The van der Waals surface area contributed by atoms with Gasteiger partial charge in [-0.1, -0.05) is 22.0 Å². The summed E-state index contributed by atoms with van der Waals surface area (Å²) in [6, 6.07) is 0. The third-order valence-electron chi connectivity index (χ3n) is 2.36. The molecule has 0 spiro atoms. The fourth-order valence-corrected chi connectivity index (χ4v) is 2.18. The Morgan fingerprint density at radius 1 is 1.50 bits per heavy atom. The smallest absolute Gasteiger partial charge is 0.229 e. The molecule has 0 amide bonds. The van der Waals surface area contributed by atoms with Gasteiger partial charge in [0, 0.05) is 16.6 Å². The highest BCUT2D eigenvalue weighted by Crippen LogP contribution is 2.30. The number of halogens is 1. The number of nitrogens with zero attached hydrogens (tertiary/aromatic N) is 2. The molecule has 0 saturated carbocycles. The van der Waals surface area contributed by atoms with Crippen LogP contribution in [0, 0.1) is 0 Å². The number of fused-ring (bicyclic) bond motifs is 3. The lowest BCUT2D eigenvalue weighted by molar-refractivity contribution is 0.584. The van der Waals surface area contributed by atoms with Crippen molar-refractivity contribution in [1.82, 2.24) is 9.97 Å². The molecule has 0 radical (unpaired) electrons. The van der Waals surface area contributed by atoms with Crippen molar-refractivity contribution in [1.29, 1.82) is 0 Å². The van der Waals surface area contributed by atoms with E-state index in [0.29, 0.717) is 10.5 Å². The highest BCUT2D eigenvalue weighted by molar-refractivity contribution is 9.09. The Labute approximate surface area is 89.0 Å². The van der Waals surface area contributed by atoms with Gasteiger partial charge in [0.1, 0.15) is 12.1 Å². The van der Waals surface area contributed by atoms with Crippen LogP contribution in [-0.2, 0) is 6.42 Å². The molecule has 1 unspecified atom stereocenters. The van der Waals surface area contributed by atoms with E-state index in [2.05, 4.69) is 32.0 Å². The molecule has 14 heavy (non-hydrogen) atoms. The minimum atomic E-state index is 0.385. The van der Waals surface area contributed by atoms with Gasteiger partial charge in [-0.15, -0.1) is 0 Å². The van der Waals surface area contributed by atoms with Gasteiger partial charge in [-0.2, -0.15) is 0 Å². The number of rotatable bonds is 0. The summed E-state index contributed by atoms with van der Waals surface area (Å²) < 4.78 is 5.58. The summed E-state index contributed by atoms with van der Waals surface area (Å²) in [6.07, 6.45) is 8.32. The van der Waals surface area contributed by atoms with Crippen molar-refractivity contribution >= 4 is 33.1 Å². The molecule has 1 atom stereocenters. The molecule has 70 valence electrons. The highest BCUT2D eigenvalue weighted by Gasteiger charge is 2.18. The molecule has 3 nitrogen and oxygen atoms in total. The third-order valence-corrected chi connectivity index (χ3v) is 2.99. The second kappa shape index (κ2) is 2.92. The molecule has 0 fully saturated rings. The molecule has 0 saturated heterocycles. The van der Waals surface area contributed by atoms with E-state index in [0.717, 1.165) is 17.6 Å². The molecule has 4 heteroatoms. The van der Waals surface area contributed by atoms with Gasteiger partial charge in [0.05, 0.1) is 5.39 Å². The van der Waals surface area contributed by atoms with Gasteiger partial charge in [0.25, 0.3) is 0 Å². The number of hydrogen-bond acceptors (Lipinski definition) is 3. The van der Waals surface area contributed by atoms with Crippen molar-refractivity contribution in [2.45, 2.75) is 11.2 Å². The number of furan rings is 1. The maximum Gasteiger partial charge on any atom is 0.229 e. The van der Waals surface area contributed by atoms with E-state index >= 15 is 0 Å². The lowest BCUT2D eigenvalue weighted by Crippen LogP contribution is -2.03. The van der Waals surface area contributed by atoms with Crippen LogP contribution < -0.4 is 0 Å². The van der Waals surface area contributed by atoms with Crippen LogP contribution in [0.3, 0.4) is 0 Å². The fourth-order valence-electron chi connectivity index (χ4n) is 1.71. The van der Waals surface area contributed by atoms with Crippen molar-refractivity contribution in [3.8, 4) is 0 Å². The molecular weight excluding hydrogens is 244 g/mol. The van der Waals surface area contributed by atoms with Crippen molar-refractivity contribution in [3.05, 3.63) is 29.9 Å². The van der Waals surface area contributed by atoms with Crippen LogP contribution in [0.4, 0.5) is 0 Å². The summed E-state index contributed by atoms with van der Waals surface area (Å²) in [5, 5.41) is 1.02.